The van der Waals surface area contributed by atoms with Crippen molar-refractivity contribution in [3.63, 3.8) is 0 Å². The monoisotopic (exact) mass is 323 g/mol. The summed E-state index contributed by atoms with van der Waals surface area (Å²) < 4.78 is 15.4. The Morgan fingerprint density at radius 2 is 1.90 bits per heavy atom. The summed E-state index contributed by atoms with van der Waals surface area (Å²) in [6, 6.07) is 9.75. The Hall–Kier alpha value is -1.62. The molecule has 108 valence electrons. The van der Waals surface area contributed by atoms with E-state index in [9.17, 15) is 4.39 Å². The normalized spacial score (nSPS) is 11.2. The van der Waals surface area contributed by atoms with E-state index in [4.69, 9.17) is 28.9 Å². The first kappa shape index (κ1) is 14.3. The largest absolute Gasteiger partial charge is 0.329 e. The molecular formula is C15H12Cl2FN3. The van der Waals surface area contributed by atoms with Crippen LogP contribution in [0.2, 0.25) is 10.0 Å². The predicted molar refractivity (Wildman–Crippen MR) is 84.2 cm³/mol. The van der Waals surface area contributed by atoms with Crippen molar-refractivity contribution in [2.75, 3.05) is 6.54 Å². The van der Waals surface area contributed by atoms with Crippen LogP contribution in [0, 0.1) is 5.82 Å². The van der Waals surface area contributed by atoms with Crippen LogP contribution in [0.25, 0.3) is 22.4 Å². The number of aromatic nitrogens is 2. The highest BCUT2D eigenvalue weighted by Crippen LogP contribution is 2.31. The van der Waals surface area contributed by atoms with Crippen molar-refractivity contribution in [2.24, 2.45) is 5.73 Å². The van der Waals surface area contributed by atoms with E-state index in [0.717, 1.165) is 5.52 Å². The molecule has 0 saturated heterocycles. The lowest BCUT2D eigenvalue weighted by atomic mass is 10.2. The number of rotatable bonds is 3. The van der Waals surface area contributed by atoms with Gasteiger partial charge in [-0.1, -0.05) is 35.3 Å². The molecule has 0 aliphatic carbocycles. The number of fused-ring (bicyclic) bond motifs is 1. The fourth-order valence-corrected chi connectivity index (χ4v) is 2.64. The van der Waals surface area contributed by atoms with Gasteiger partial charge in [0.25, 0.3) is 0 Å². The van der Waals surface area contributed by atoms with Crippen LogP contribution in [0.15, 0.2) is 36.4 Å². The molecule has 3 aromatic rings. The number of benzene rings is 2. The van der Waals surface area contributed by atoms with Gasteiger partial charge in [-0.3, -0.25) is 0 Å². The molecule has 6 heteroatoms. The Morgan fingerprint density at radius 3 is 2.62 bits per heavy atom. The average molecular weight is 324 g/mol. The van der Waals surface area contributed by atoms with Crippen LogP contribution in [-0.4, -0.2) is 16.1 Å². The molecule has 0 unspecified atom stereocenters. The third kappa shape index (κ3) is 2.62. The molecule has 1 heterocycles. The van der Waals surface area contributed by atoms with E-state index in [-0.39, 0.29) is 5.82 Å². The van der Waals surface area contributed by atoms with Crippen molar-refractivity contribution in [2.45, 2.75) is 6.54 Å². The van der Waals surface area contributed by atoms with Crippen molar-refractivity contribution in [3.05, 3.63) is 52.3 Å². The maximum absolute atomic E-state index is 13.5. The highest BCUT2D eigenvalue weighted by Gasteiger charge is 2.14. The van der Waals surface area contributed by atoms with Gasteiger partial charge in [-0.2, -0.15) is 0 Å². The van der Waals surface area contributed by atoms with Crippen molar-refractivity contribution >= 4 is 34.2 Å². The molecule has 1 aromatic heterocycles. The van der Waals surface area contributed by atoms with Crippen LogP contribution in [0.5, 0.6) is 0 Å². The lowest BCUT2D eigenvalue weighted by molar-refractivity contribution is 0.628. The highest BCUT2D eigenvalue weighted by molar-refractivity contribution is 6.42. The van der Waals surface area contributed by atoms with Crippen LogP contribution in [0.3, 0.4) is 0 Å². The van der Waals surface area contributed by atoms with Gasteiger partial charge in [-0.15, -0.1) is 0 Å². The summed E-state index contributed by atoms with van der Waals surface area (Å²) in [7, 11) is 0. The quantitative estimate of drug-likeness (QED) is 0.788. The molecule has 2 N–H and O–H groups in total. The number of hydrogen-bond donors (Lipinski definition) is 1. The minimum absolute atomic E-state index is 0.310. The molecule has 0 spiro atoms. The van der Waals surface area contributed by atoms with Crippen LogP contribution in [-0.2, 0) is 6.54 Å². The van der Waals surface area contributed by atoms with Crippen LogP contribution < -0.4 is 5.73 Å². The molecule has 0 aliphatic rings. The third-order valence-corrected chi connectivity index (χ3v) is 3.95. The summed E-state index contributed by atoms with van der Waals surface area (Å²) in [6.45, 7) is 0.994. The molecule has 0 aliphatic heterocycles. The Balaban J connectivity index is 2.28. The first-order valence-electron chi connectivity index (χ1n) is 6.41. The lowest BCUT2D eigenvalue weighted by Crippen LogP contribution is -2.11. The van der Waals surface area contributed by atoms with E-state index in [1.165, 1.54) is 12.1 Å². The number of nitrogens with two attached hydrogens (primary N) is 1. The van der Waals surface area contributed by atoms with Crippen molar-refractivity contribution < 1.29 is 4.39 Å². The Morgan fingerprint density at radius 1 is 1.14 bits per heavy atom. The van der Waals surface area contributed by atoms with E-state index >= 15 is 0 Å². The van der Waals surface area contributed by atoms with Gasteiger partial charge in [0, 0.05) is 18.7 Å². The molecule has 0 radical (unpaired) electrons. The third-order valence-electron chi connectivity index (χ3n) is 3.23. The van der Waals surface area contributed by atoms with E-state index < -0.39 is 0 Å². The maximum Gasteiger partial charge on any atom is 0.141 e. The van der Waals surface area contributed by atoms with Gasteiger partial charge >= 0.3 is 0 Å². The standard InChI is InChI=1S/C15H12Cl2FN3/c16-11-7-13-14(8-12(11)17)21(5-4-19)15(20-13)9-2-1-3-10(18)6-9/h1-3,6-8H,4-5,19H2. The topological polar surface area (TPSA) is 43.8 Å². The molecule has 3 nitrogen and oxygen atoms in total. The number of halogens is 3. The van der Waals surface area contributed by atoms with Gasteiger partial charge in [0.05, 0.1) is 21.1 Å². The van der Waals surface area contributed by atoms with Gasteiger partial charge < -0.3 is 10.3 Å². The van der Waals surface area contributed by atoms with E-state index in [0.29, 0.717) is 40.0 Å². The highest BCUT2D eigenvalue weighted by atomic mass is 35.5. The summed E-state index contributed by atoms with van der Waals surface area (Å²) in [5.74, 6) is 0.336. The second-order valence-corrected chi connectivity index (χ2v) is 5.46. The molecule has 0 fully saturated rings. The minimum Gasteiger partial charge on any atom is -0.329 e. The Labute approximate surface area is 131 Å². The SMILES string of the molecule is NCCn1c(-c2cccc(F)c2)nc2cc(Cl)c(Cl)cc21. The zero-order valence-corrected chi connectivity index (χ0v) is 12.5. The fraction of sp³-hybridized carbons (Fsp3) is 0.133. The fourth-order valence-electron chi connectivity index (χ4n) is 2.32. The summed E-state index contributed by atoms with van der Waals surface area (Å²) >= 11 is 12.1. The Bertz CT molecular complexity index is 814. The van der Waals surface area contributed by atoms with E-state index in [1.807, 2.05) is 4.57 Å². The van der Waals surface area contributed by atoms with Gasteiger partial charge in [-0.25, -0.2) is 9.37 Å². The van der Waals surface area contributed by atoms with Gasteiger partial charge in [0.1, 0.15) is 11.6 Å². The summed E-state index contributed by atoms with van der Waals surface area (Å²) in [6.07, 6.45) is 0. The van der Waals surface area contributed by atoms with Crippen LogP contribution in [0.4, 0.5) is 4.39 Å². The second-order valence-electron chi connectivity index (χ2n) is 4.64. The minimum atomic E-state index is -0.310. The number of hydrogen-bond acceptors (Lipinski definition) is 2. The predicted octanol–water partition coefficient (Wildman–Crippen LogP) is 4.11. The zero-order valence-electron chi connectivity index (χ0n) is 11.0. The van der Waals surface area contributed by atoms with E-state index in [2.05, 4.69) is 4.98 Å². The van der Waals surface area contributed by atoms with Crippen LogP contribution >= 0.6 is 23.2 Å². The van der Waals surface area contributed by atoms with E-state index in [1.54, 1.807) is 24.3 Å². The summed E-state index contributed by atoms with van der Waals surface area (Å²) in [5, 5.41) is 0.889. The molecule has 0 atom stereocenters. The van der Waals surface area contributed by atoms with Crippen molar-refractivity contribution in [3.8, 4) is 11.4 Å². The molecular weight excluding hydrogens is 312 g/mol. The zero-order chi connectivity index (χ0) is 15.0. The molecule has 21 heavy (non-hydrogen) atoms. The average Bonchev–Trinajstić information content (AvgIpc) is 2.78. The molecule has 0 amide bonds. The van der Waals surface area contributed by atoms with Crippen molar-refractivity contribution in [1.82, 2.24) is 9.55 Å². The first-order valence-corrected chi connectivity index (χ1v) is 7.17. The smallest absolute Gasteiger partial charge is 0.141 e. The lowest BCUT2D eigenvalue weighted by Gasteiger charge is -2.08. The van der Waals surface area contributed by atoms with Gasteiger partial charge in [0.2, 0.25) is 0 Å². The molecule has 0 saturated carbocycles. The number of imidazole rings is 1. The summed E-state index contributed by atoms with van der Waals surface area (Å²) in [4.78, 5) is 4.54. The molecule has 0 bridgehead atoms. The molecule has 3 rings (SSSR count). The van der Waals surface area contributed by atoms with Gasteiger partial charge in [-0.05, 0) is 24.3 Å². The maximum atomic E-state index is 13.5. The Kier molecular flexibility index (Phi) is 3.85. The number of nitrogens with zero attached hydrogens (tertiary/aromatic N) is 2. The van der Waals surface area contributed by atoms with Crippen molar-refractivity contribution in [1.29, 1.82) is 0 Å². The first-order chi connectivity index (χ1) is 10.1. The van der Waals surface area contributed by atoms with Gasteiger partial charge in [0.15, 0.2) is 0 Å². The van der Waals surface area contributed by atoms with Crippen LogP contribution in [0.1, 0.15) is 0 Å². The molecule has 2 aromatic carbocycles. The summed E-state index contributed by atoms with van der Waals surface area (Å²) in [5.41, 5.74) is 7.89. The second kappa shape index (κ2) is 5.64.